The van der Waals surface area contributed by atoms with Crippen molar-refractivity contribution in [2.45, 2.75) is 13.3 Å². The lowest BCUT2D eigenvalue weighted by atomic mass is 10.3. The number of esters is 1. The average Bonchev–Trinajstić information content (AvgIpc) is 2.13. The van der Waals surface area contributed by atoms with Gasteiger partial charge in [-0.1, -0.05) is 13.0 Å². The second-order valence-electron chi connectivity index (χ2n) is 2.52. The molecule has 4 nitrogen and oxygen atoms in total. The zero-order valence-corrected chi connectivity index (χ0v) is 7.28. The summed E-state index contributed by atoms with van der Waals surface area (Å²) in [6, 6.07) is 4.62. The summed E-state index contributed by atoms with van der Waals surface area (Å²) in [7, 11) is 0. The van der Waals surface area contributed by atoms with E-state index in [4.69, 9.17) is 10.5 Å². The normalized spacial score (nSPS) is 9.62. The van der Waals surface area contributed by atoms with Crippen molar-refractivity contribution in [1.82, 2.24) is 0 Å². The Labute approximate surface area is 75.9 Å². The summed E-state index contributed by atoms with van der Waals surface area (Å²) in [5, 5.41) is 9.34. The zero-order chi connectivity index (χ0) is 9.84. The quantitative estimate of drug-likeness (QED) is 0.312. The molecule has 0 fully saturated rings. The van der Waals surface area contributed by atoms with Crippen molar-refractivity contribution < 1.29 is 14.6 Å². The van der Waals surface area contributed by atoms with Gasteiger partial charge in [-0.25, -0.2) is 0 Å². The Morgan fingerprint density at radius 3 is 2.92 bits per heavy atom. The molecule has 13 heavy (non-hydrogen) atoms. The van der Waals surface area contributed by atoms with Crippen LogP contribution >= 0.6 is 0 Å². The highest BCUT2D eigenvalue weighted by molar-refractivity contribution is 5.74. The highest BCUT2D eigenvalue weighted by atomic mass is 16.5. The largest absolute Gasteiger partial charge is 0.503 e. The lowest BCUT2D eigenvalue weighted by Crippen LogP contribution is -2.05. The summed E-state index contributed by atoms with van der Waals surface area (Å²) in [5.74, 6) is -0.489. The van der Waals surface area contributed by atoms with Gasteiger partial charge in [-0.2, -0.15) is 0 Å². The van der Waals surface area contributed by atoms with Crippen molar-refractivity contribution in [3.05, 3.63) is 18.2 Å². The number of aromatic hydroxyl groups is 1. The van der Waals surface area contributed by atoms with E-state index < -0.39 is 5.97 Å². The molecule has 0 atom stereocenters. The molecule has 1 aromatic rings. The molecule has 0 radical (unpaired) electrons. The van der Waals surface area contributed by atoms with E-state index in [1.807, 2.05) is 0 Å². The first-order valence-corrected chi connectivity index (χ1v) is 3.93. The fraction of sp³-hybridized carbons (Fsp3) is 0.222. The monoisotopic (exact) mass is 181 g/mol. The molecular formula is C9H11NO3. The predicted molar refractivity (Wildman–Crippen MR) is 48.4 cm³/mol. The minimum atomic E-state index is -0.402. The van der Waals surface area contributed by atoms with Crippen LogP contribution in [0.15, 0.2) is 18.2 Å². The number of anilines is 1. The summed E-state index contributed by atoms with van der Waals surface area (Å²) in [4.78, 5) is 10.9. The molecule has 1 rings (SSSR count). The van der Waals surface area contributed by atoms with Gasteiger partial charge in [0.2, 0.25) is 0 Å². The number of benzene rings is 1. The van der Waals surface area contributed by atoms with Crippen LogP contribution < -0.4 is 10.5 Å². The minimum Gasteiger partial charge on any atom is -0.503 e. The van der Waals surface area contributed by atoms with Crippen LogP contribution in [0.3, 0.4) is 0 Å². The summed E-state index contributed by atoms with van der Waals surface area (Å²) in [6.45, 7) is 1.67. The Morgan fingerprint density at radius 2 is 2.31 bits per heavy atom. The smallest absolute Gasteiger partial charge is 0.311 e. The molecule has 0 aliphatic carbocycles. The van der Waals surface area contributed by atoms with E-state index >= 15 is 0 Å². The van der Waals surface area contributed by atoms with Crippen LogP contribution in [0.25, 0.3) is 0 Å². The highest BCUT2D eigenvalue weighted by Crippen LogP contribution is 2.31. The molecule has 0 unspecified atom stereocenters. The van der Waals surface area contributed by atoms with E-state index in [9.17, 15) is 9.90 Å². The van der Waals surface area contributed by atoms with Crippen LogP contribution in [0.1, 0.15) is 13.3 Å². The molecule has 1 aromatic carbocycles. The molecule has 0 bridgehead atoms. The van der Waals surface area contributed by atoms with Crippen molar-refractivity contribution in [2.24, 2.45) is 0 Å². The maximum Gasteiger partial charge on any atom is 0.311 e. The number of rotatable bonds is 2. The van der Waals surface area contributed by atoms with Crippen LogP contribution in [0.2, 0.25) is 0 Å². The molecule has 0 saturated carbocycles. The number of phenols is 1. The fourth-order valence-electron chi connectivity index (χ4n) is 0.816. The third kappa shape index (κ3) is 2.11. The number of nitrogens with two attached hydrogens (primary N) is 1. The third-order valence-electron chi connectivity index (χ3n) is 1.54. The molecule has 0 spiro atoms. The maximum absolute atomic E-state index is 10.9. The van der Waals surface area contributed by atoms with Gasteiger partial charge in [0.25, 0.3) is 0 Å². The number of para-hydroxylation sites is 1. The molecule has 0 aliphatic heterocycles. The summed E-state index contributed by atoms with van der Waals surface area (Å²) >= 11 is 0. The highest BCUT2D eigenvalue weighted by Gasteiger charge is 2.08. The molecule has 0 amide bonds. The Hall–Kier alpha value is -1.71. The second-order valence-corrected chi connectivity index (χ2v) is 2.52. The summed E-state index contributed by atoms with van der Waals surface area (Å²) in [6.07, 6.45) is 0.258. The van der Waals surface area contributed by atoms with E-state index in [1.54, 1.807) is 13.0 Å². The van der Waals surface area contributed by atoms with Crippen molar-refractivity contribution >= 4 is 11.7 Å². The number of nitrogen functional groups attached to an aromatic ring is 1. The number of ether oxygens (including phenoxy) is 1. The fourth-order valence-corrected chi connectivity index (χ4v) is 0.816. The number of hydrogen-bond donors (Lipinski definition) is 2. The van der Waals surface area contributed by atoms with E-state index in [0.717, 1.165) is 0 Å². The molecule has 0 saturated heterocycles. The Balaban J connectivity index is 2.89. The van der Waals surface area contributed by atoms with Gasteiger partial charge in [-0.05, 0) is 12.1 Å². The zero-order valence-electron chi connectivity index (χ0n) is 7.28. The predicted octanol–water partition coefficient (Wildman–Crippen LogP) is 1.29. The SMILES string of the molecule is CCC(=O)Oc1cccc(N)c1O. The average molecular weight is 181 g/mol. The van der Waals surface area contributed by atoms with Gasteiger partial charge in [0.05, 0.1) is 5.69 Å². The van der Waals surface area contributed by atoms with Gasteiger partial charge in [0.1, 0.15) is 0 Å². The van der Waals surface area contributed by atoms with Crippen molar-refractivity contribution in [3.8, 4) is 11.5 Å². The van der Waals surface area contributed by atoms with Crippen LogP contribution in [-0.2, 0) is 4.79 Å². The van der Waals surface area contributed by atoms with Crippen molar-refractivity contribution in [1.29, 1.82) is 0 Å². The Bertz CT molecular complexity index is 323. The van der Waals surface area contributed by atoms with E-state index in [0.29, 0.717) is 0 Å². The topological polar surface area (TPSA) is 72.5 Å². The lowest BCUT2D eigenvalue weighted by molar-refractivity contribution is -0.134. The summed E-state index contributed by atoms with van der Waals surface area (Å²) in [5.41, 5.74) is 5.59. The minimum absolute atomic E-state index is 0.104. The standard InChI is InChI=1S/C9H11NO3/c1-2-8(11)13-7-5-3-4-6(10)9(7)12/h3-5,12H,2,10H2,1H3. The first-order chi connectivity index (χ1) is 6.15. The Morgan fingerprint density at radius 1 is 1.62 bits per heavy atom. The van der Waals surface area contributed by atoms with Gasteiger partial charge in [-0.15, -0.1) is 0 Å². The van der Waals surface area contributed by atoms with Crippen molar-refractivity contribution in [3.63, 3.8) is 0 Å². The number of carbonyl (C=O) groups excluding carboxylic acids is 1. The molecule has 0 aromatic heterocycles. The van der Waals surface area contributed by atoms with Gasteiger partial charge in [-0.3, -0.25) is 4.79 Å². The molecule has 4 heteroatoms. The third-order valence-corrected chi connectivity index (χ3v) is 1.54. The van der Waals surface area contributed by atoms with E-state index in [1.165, 1.54) is 12.1 Å². The molecule has 0 aliphatic rings. The number of phenolic OH excluding ortho intramolecular Hbond substituents is 1. The maximum atomic E-state index is 10.9. The van der Waals surface area contributed by atoms with Crippen LogP contribution in [0.5, 0.6) is 11.5 Å². The van der Waals surface area contributed by atoms with Crippen LogP contribution in [0.4, 0.5) is 5.69 Å². The first kappa shape index (κ1) is 9.38. The molecule has 3 N–H and O–H groups in total. The second kappa shape index (κ2) is 3.80. The molecular weight excluding hydrogens is 170 g/mol. The van der Waals surface area contributed by atoms with Gasteiger partial charge >= 0.3 is 5.97 Å². The molecule has 70 valence electrons. The number of carbonyl (C=O) groups is 1. The van der Waals surface area contributed by atoms with E-state index in [-0.39, 0.29) is 23.6 Å². The van der Waals surface area contributed by atoms with Gasteiger partial charge < -0.3 is 15.6 Å². The van der Waals surface area contributed by atoms with Crippen LogP contribution in [0, 0.1) is 0 Å². The van der Waals surface area contributed by atoms with Gasteiger partial charge in [0, 0.05) is 6.42 Å². The van der Waals surface area contributed by atoms with Crippen molar-refractivity contribution in [2.75, 3.05) is 5.73 Å². The first-order valence-electron chi connectivity index (χ1n) is 3.93. The Kier molecular flexibility index (Phi) is 2.74. The summed E-state index contributed by atoms with van der Waals surface area (Å²) < 4.78 is 4.81. The van der Waals surface area contributed by atoms with Gasteiger partial charge in [0.15, 0.2) is 11.5 Å². The lowest BCUT2D eigenvalue weighted by Gasteiger charge is -2.05. The van der Waals surface area contributed by atoms with E-state index in [2.05, 4.69) is 0 Å². The molecule has 0 heterocycles. The number of hydrogen-bond acceptors (Lipinski definition) is 4. The van der Waals surface area contributed by atoms with Crippen LogP contribution in [-0.4, -0.2) is 11.1 Å².